The van der Waals surface area contributed by atoms with Crippen LogP contribution in [0.1, 0.15) is 0 Å². The summed E-state index contributed by atoms with van der Waals surface area (Å²) in [5.41, 5.74) is 0. The number of aromatic nitrogens is 1. The first-order chi connectivity index (χ1) is 10.9. The van der Waals surface area contributed by atoms with Crippen molar-refractivity contribution in [1.29, 1.82) is 0 Å². The summed E-state index contributed by atoms with van der Waals surface area (Å²) in [5.74, 6) is 0.335. The molecule has 0 saturated heterocycles. The molecule has 6 nitrogen and oxygen atoms in total. The van der Waals surface area contributed by atoms with Gasteiger partial charge in [-0.15, -0.1) is 0 Å². The molecule has 2 rings (SSSR count). The highest BCUT2D eigenvalue weighted by atomic mass is 79.9. The van der Waals surface area contributed by atoms with E-state index >= 15 is 0 Å². The first-order valence-corrected chi connectivity index (χ1v) is 9.11. The van der Waals surface area contributed by atoms with Crippen molar-refractivity contribution in [3.05, 3.63) is 46.0 Å². The van der Waals surface area contributed by atoms with Crippen molar-refractivity contribution in [3.8, 4) is 5.75 Å². The molecule has 23 heavy (non-hydrogen) atoms. The molecule has 0 bridgehead atoms. The Bertz CT molecular complexity index is 787. The summed E-state index contributed by atoms with van der Waals surface area (Å²) in [6.45, 7) is -0.295. The van der Waals surface area contributed by atoms with E-state index in [1.165, 1.54) is 25.4 Å². The zero-order valence-corrected chi connectivity index (χ0v) is 15.3. The number of anilines is 1. The van der Waals surface area contributed by atoms with Crippen LogP contribution in [0.5, 0.6) is 5.75 Å². The fourth-order valence-electron chi connectivity index (χ4n) is 1.79. The van der Waals surface area contributed by atoms with Gasteiger partial charge in [-0.2, -0.15) is 0 Å². The van der Waals surface area contributed by atoms with Crippen LogP contribution in [0.25, 0.3) is 0 Å². The predicted molar refractivity (Wildman–Crippen MR) is 91.6 cm³/mol. The monoisotopic (exact) mass is 420 g/mol. The molecule has 2 aromatic rings. The largest absolute Gasteiger partial charge is 0.490 e. The van der Waals surface area contributed by atoms with Gasteiger partial charge in [-0.3, -0.25) is 4.31 Å². The molecule has 0 unspecified atom stereocenters. The number of nitrogens with zero attached hydrogens (tertiary/aromatic N) is 2. The maximum atomic E-state index is 12.9. The van der Waals surface area contributed by atoms with Crippen LogP contribution in [0.15, 0.2) is 45.9 Å². The lowest BCUT2D eigenvalue weighted by Gasteiger charge is -2.20. The number of hydrogen-bond donors (Lipinski definition) is 1. The number of halogens is 2. The molecule has 0 spiro atoms. The van der Waals surface area contributed by atoms with E-state index in [4.69, 9.17) is 21.4 Å². The van der Waals surface area contributed by atoms with E-state index in [0.29, 0.717) is 9.50 Å². The molecule has 0 atom stereocenters. The van der Waals surface area contributed by atoms with E-state index in [9.17, 15) is 8.42 Å². The van der Waals surface area contributed by atoms with Crippen molar-refractivity contribution in [3.63, 3.8) is 0 Å². The summed E-state index contributed by atoms with van der Waals surface area (Å²) in [6, 6.07) is 7.72. The lowest BCUT2D eigenvalue weighted by atomic mass is 10.3. The summed E-state index contributed by atoms with van der Waals surface area (Å²) >= 11 is 9.21. The minimum Gasteiger partial charge on any atom is -0.490 e. The van der Waals surface area contributed by atoms with Crippen molar-refractivity contribution in [2.75, 3.05) is 24.6 Å². The van der Waals surface area contributed by atoms with E-state index in [1.54, 1.807) is 18.2 Å². The van der Waals surface area contributed by atoms with Crippen LogP contribution in [0, 0.1) is 0 Å². The van der Waals surface area contributed by atoms with Crippen molar-refractivity contribution >= 4 is 43.4 Å². The zero-order valence-electron chi connectivity index (χ0n) is 12.1. The van der Waals surface area contributed by atoms with Crippen molar-refractivity contribution in [2.24, 2.45) is 0 Å². The second-order valence-electron chi connectivity index (χ2n) is 4.45. The normalized spacial score (nSPS) is 11.3. The number of rotatable bonds is 6. The van der Waals surface area contributed by atoms with Crippen LogP contribution in [0.2, 0.25) is 5.02 Å². The maximum Gasteiger partial charge on any atom is 0.268 e. The highest BCUT2D eigenvalue weighted by molar-refractivity contribution is 9.10. The first kappa shape index (κ1) is 18.0. The Balaban J connectivity index is 2.52. The number of ether oxygens (including phenoxy) is 1. The van der Waals surface area contributed by atoms with Gasteiger partial charge in [0.25, 0.3) is 10.0 Å². The van der Waals surface area contributed by atoms with Crippen molar-refractivity contribution in [1.82, 2.24) is 4.98 Å². The highest BCUT2D eigenvalue weighted by Crippen LogP contribution is 2.35. The van der Waals surface area contributed by atoms with Gasteiger partial charge in [0, 0.05) is 23.8 Å². The molecule has 1 aromatic heterocycles. The van der Waals surface area contributed by atoms with Gasteiger partial charge in [0.2, 0.25) is 0 Å². The molecule has 1 N–H and O–H groups in total. The van der Waals surface area contributed by atoms with Gasteiger partial charge in [-0.05, 0) is 34.1 Å². The Morgan fingerprint density at radius 3 is 2.74 bits per heavy atom. The molecule has 9 heteroatoms. The Labute approximate surface area is 147 Å². The molecular formula is C14H14BrClN2O4S. The molecule has 0 aliphatic heterocycles. The number of pyridine rings is 1. The van der Waals surface area contributed by atoms with Gasteiger partial charge >= 0.3 is 0 Å². The third-order valence-electron chi connectivity index (χ3n) is 2.95. The minimum atomic E-state index is -3.92. The molecule has 0 amide bonds. The average molecular weight is 422 g/mol. The number of sulfonamides is 1. The van der Waals surface area contributed by atoms with Gasteiger partial charge < -0.3 is 9.84 Å². The molecule has 1 aromatic carbocycles. The van der Waals surface area contributed by atoms with Gasteiger partial charge in [-0.25, -0.2) is 13.4 Å². The second kappa shape index (κ2) is 7.48. The minimum absolute atomic E-state index is 0.0478. The summed E-state index contributed by atoms with van der Waals surface area (Å²) in [6.07, 6.45) is 1.50. The Hall–Kier alpha value is -1.35. The smallest absolute Gasteiger partial charge is 0.268 e. The summed E-state index contributed by atoms with van der Waals surface area (Å²) in [7, 11) is -2.52. The molecule has 0 radical (unpaired) electrons. The van der Waals surface area contributed by atoms with Crippen LogP contribution in [-0.4, -0.2) is 38.8 Å². The van der Waals surface area contributed by atoms with Crippen LogP contribution < -0.4 is 9.04 Å². The lowest BCUT2D eigenvalue weighted by molar-refractivity contribution is 0.198. The molecule has 1 heterocycles. The van der Waals surface area contributed by atoms with Crippen molar-refractivity contribution in [2.45, 2.75) is 4.90 Å². The molecule has 0 aliphatic rings. The predicted octanol–water partition coefficient (Wildman–Crippen LogP) is 2.69. The number of benzene rings is 1. The topological polar surface area (TPSA) is 79.7 Å². The Morgan fingerprint density at radius 1 is 1.39 bits per heavy atom. The van der Waals surface area contributed by atoms with E-state index in [2.05, 4.69) is 20.9 Å². The van der Waals surface area contributed by atoms with Gasteiger partial charge in [0.1, 0.15) is 23.1 Å². The Morgan fingerprint density at radius 2 is 2.13 bits per heavy atom. The van der Waals surface area contributed by atoms with E-state index in [0.717, 1.165) is 4.31 Å². The fraction of sp³-hybridized carbons (Fsp3) is 0.214. The van der Waals surface area contributed by atoms with Crippen LogP contribution in [0.3, 0.4) is 0 Å². The van der Waals surface area contributed by atoms with Gasteiger partial charge in [-0.1, -0.05) is 17.7 Å². The van der Waals surface area contributed by atoms with E-state index in [-0.39, 0.29) is 29.7 Å². The fourth-order valence-corrected chi connectivity index (χ4v) is 3.73. The zero-order chi connectivity index (χ0) is 17.0. The lowest BCUT2D eigenvalue weighted by Crippen LogP contribution is -2.28. The number of aliphatic hydroxyl groups excluding tert-OH is 1. The molecule has 0 aliphatic carbocycles. The molecule has 124 valence electrons. The van der Waals surface area contributed by atoms with Gasteiger partial charge in [0.05, 0.1) is 11.6 Å². The average Bonchev–Trinajstić information content (AvgIpc) is 2.55. The summed E-state index contributed by atoms with van der Waals surface area (Å²) in [4.78, 5) is 3.96. The Kier molecular flexibility index (Phi) is 5.85. The van der Waals surface area contributed by atoms with E-state index < -0.39 is 10.0 Å². The standard InChI is InChI=1S/C14H14BrClN2O4S/c1-18(14-4-2-3-5-17-14)23(20,21)13-8-10(15)11(16)9-12(13)22-7-6-19/h2-5,8-9,19H,6-7H2,1H3. The third-order valence-corrected chi connectivity index (χ3v) is 5.93. The van der Waals surface area contributed by atoms with Crippen molar-refractivity contribution < 1.29 is 18.3 Å². The number of aliphatic hydroxyl groups is 1. The molecule has 0 saturated carbocycles. The molecule has 0 fully saturated rings. The van der Waals surface area contributed by atoms with Crippen LogP contribution >= 0.6 is 27.5 Å². The summed E-state index contributed by atoms with van der Waals surface area (Å²) < 4.78 is 32.5. The molecular weight excluding hydrogens is 408 g/mol. The quantitative estimate of drug-likeness (QED) is 0.776. The summed E-state index contributed by atoms with van der Waals surface area (Å²) in [5, 5.41) is 9.20. The second-order valence-corrected chi connectivity index (χ2v) is 7.64. The van der Waals surface area contributed by atoms with Crippen LogP contribution in [0.4, 0.5) is 5.82 Å². The maximum absolute atomic E-state index is 12.9. The van der Waals surface area contributed by atoms with Crippen LogP contribution in [-0.2, 0) is 10.0 Å². The van der Waals surface area contributed by atoms with E-state index in [1.807, 2.05) is 0 Å². The SMILES string of the molecule is CN(c1ccccn1)S(=O)(=O)c1cc(Br)c(Cl)cc1OCCO. The third kappa shape index (κ3) is 3.95. The first-order valence-electron chi connectivity index (χ1n) is 6.50. The van der Waals surface area contributed by atoms with Gasteiger partial charge in [0.15, 0.2) is 0 Å². The number of hydrogen-bond acceptors (Lipinski definition) is 5. The highest BCUT2D eigenvalue weighted by Gasteiger charge is 2.27.